The standard InChI is InChI=1S/C18H25N3O2S/c1-5-15-10-24-17(19-15)14-7-6-8-21(9-14)18(22)11(2)16-12(3)20-23-13(16)4/h10-11,14H,5-9H2,1-4H3/t11-,14-/m1/s1. The first-order valence-electron chi connectivity index (χ1n) is 8.67. The van der Waals surface area contributed by atoms with Gasteiger partial charge in [-0.2, -0.15) is 0 Å². The van der Waals surface area contributed by atoms with Crippen LogP contribution >= 0.6 is 11.3 Å². The van der Waals surface area contributed by atoms with E-state index in [2.05, 4.69) is 17.5 Å². The Morgan fingerprint density at radius 3 is 2.92 bits per heavy atom. The molecule has 2 aromatic heterocycles. The van der Waals surface area contributed by atoms with Gasteiger partial charge in [0.2, 0.25) is 5.91 Å². The van der Waals surface area contributed by atoms with E-state index in [1.54, 1.807) is 11.3 Å². The van der Waals surface area contributed by atoms with Crippen LogP contribution in [-0.4, -0.2) is 34.0 Å². The number of carbonyl (C=O) groups is 1. The Morgan fingerprint density at radius 2 is 2.29 bits per heavy atom. The van der Waals surface area contributed by atoms with Crippen molar-refractivity contribution >= 4 is 17.2 Å². The Labute approximate surface area is 147 Å². The van der Waals surface area contributed by atoms with Crippen LogP contribution in [0.15, 0.2) is 9.90 Å². The van der Waals surface area contributed by atoms with Crippen LogP contribution in [0, 0.1) is 13.8 Å². The minimum atomic E-state index is -0.211. The Bertz CT molecular complexity index is 702. The molecule has 2 aromatic rings. The lowest BCUT2D eigenvalue weighted by atomic mass is 9.94. The second kappa shape index (κ2) is 7.05. The number of nitrogens with zero attached hydrogens (tertiary/aromatic N) is 3. The van der Waals surface area contributed by atoms with Crippen LogP contribution in [0.2, 0.25) is 0 Å². The van der Waals surface area contributed by atoms with Crippen molar-refractivity contribution in [1.29, 1.82) is 0 Å². The molecule has 130 valence electrons. The molecule has 0 saturated carbocycles. The Morgan fingerprint density at radius 1 is 1.50 bits per heavy atom. The third-order valence-corrected chi connectivity index (χ3v) is 5.96. The maximum Gasteiger partial charge on any atom is 0.230 e. The number of thiazole rings is 1. The molecule has 24 heavy (non-hydrogen) atoms. The molecule has 5 nitrogen and oxygen atoms in total. The normalized spacial score (nSPS) is 19.5. The van der Waals surface area contributed by atoms with Crippen LogP contribution in [0.4, 0.5) is 0 Å². The van der Waals surface area contributed by atoms with Gasteiger partial charge in [-0.3, -0.25) is 4.79 Å². The van der Waals surface area contributed by atoms with E-state index in [4.69, 9.17) is 9.51 Å². The first-order chi connectivity index (χ1) is 11.5. The highest BCUT2D eigenvalue weighted by Crippen LogP contribution is 2.32. The number of amides is 1. The number of carbonyl (C=O) groups excluding carboxylic acids is 1. The first-order valence-corrected chi connectivity index (χ1v) is 9.55. The molecule has 2 atom stereocenters. The summed E-state index contributed by atoms with van der Waals surface area (Å²) >= 11 is 1.73. The molecule has 0 aliphatic carbocycles. The lowest BCUT2D eigenvalue weighted by molar-refractivity contribution is -0.133. The van der Waals surface area contributed by atoms with Gasteiger partial charge in [0.1, 0.15) is 5.76 Å². The highest BCUT2D eigenvalue weighted by molar-refractivity contribution is 7.09. The number of rotatable bonds is 4. The monoisotopic (exact) mass is 347 g/mol. The lowest BCUT2D eigenvalue weighted by Gasteiger charge is -2.33. The molecule has 6 heteroatoms. The van der Waals surface area contributed by atoms with Gasteiger partial charge in [-0.15, -0.1) is 11.3 Å². The average molecular weight is 347 g/mol. The smallest absolute Gasteiger partial charge is 0.230 e. The zero-order valence-electron chi connectivity index (χ0n) is 14.8. The van der Waals surface area contributed by atoms with Crippen molar-refractivity contribution in [1.82, 2.24) is 15.0 Å². The largest absolute Gasteiger partial charge is 0.361 e. The maximum absolute atomic E-state index is 13.0. The van der Waals surface area contributed by atoms with E-state index < -0.39 is 0 Å². The van der Waals surface area contributed by atoms with Crippen LogP contribution in [0.1, 0.15) is 66.2 Å². The number of aryl methyl sites for hydroxylation is 3. The number of hydrogen-bond acceptors (Lipinski definition) is 5. The van der Waals surface area contributed by atoms with E-state index >= 15 is 0 Å². The summed E-state index contributed by atoms with van der Waals surface area (Å²) in [6.45, 7) is 9.45. The summed E-state index contributed by atoms with van der Waals surface area (Å²) in [7, 11) is 0. The second-order valence-corrected chi connectivity index (χ2v) is 7.50. The van der Waals surface area contributed by atoms with Crippen molar-refractivity contribution in [3.63, 3.8) is 0 Å². The molecule has 0 bridgehead atoms. The molecule has 0 radical (unpaired) electrons. The summed E-state index contributed by atoms with van der Waals surface area (Å²) in [5, 5.41) is 7.30. The lowest BCUT2D eigenvalue weighted by Crippen LogP contribution is -2.41. The molecule has 1 aliphatic rings. The molecule has 1 saturated heterocycles. The average Bonchev–Trinajstić information content (AvgIpc) is 3.20. The van der Waals surface area contributed by atoms with Crippen LogP contribution < -0.4 is 0 Å². The Balaban J connectivity index is 1.73. The fourth-order valence-electron chi connectivity index (χ4n) is 3.56. The van der Waals surface area contributed by atoms with E-state index in [9.17, 15) is 4.79 Å². The van der Waals surface area contributed by atoms with Gasteiger partial charge in [-0.05, 0) is 40.0 Å². The summed E-state index contributed by atoms with van der Waals surface area (Å²) in [5.74, 6) is 1.07. The minimum Gasteiger partial charge on any atom is -0.361 e. The number of piperidine rings is 1. The van der Waals surface area contributed by atoms with Crippen molar-refractivity contribution < 1.29 is 9.32 Å². The topological polar surface area (TPSA) is 59.2 Å². The summed E-state index contributed by atoms with van der Waals surface area (Å²) in [4.78, 5) is 19.7. The van der Waals surface area contributed by atoms with E-state index in [0.717, 1.165) is 55.1 Å². The summed E-state index contributed by atoms with van der Waals surface area (Å²) < 4.78 is 5.23. The second-order valence-electron chi connectivity index (χ2n) is 6.61. The maximum atomic E-state index is 13.0. The van der Waals surface area contributed by atoms with Gasteiger partial charge < -0.3 is 9.42 Å². The van der Waals surface area contributed by atoms with Crippen molar-refractivity contribution in [3.05, 3.63) is 33.1 Å². The van der Waals surface area contributed by atoms with E-state index in [-0.39, 0.29) is 11.8 Å². The van der Waals surface area contributed by atoms with Crippen LogP contribution in [0.5, 0.6) is 0 Å². The van der Waals surface area contributed by atoms with Gasteiger partial charge in [-0.25, -0.2) is 4.98 Å². The highest BCUT2D eigenvalue weighted by atomic mass is 32.1. The van der Waals surface area contributed by atoms with Gasteiger partial charge in [0.15, 0.2) is 0 Å². The van der Waals surface area contributed by atoms with Crippen molar-refractivity contribution in [2.24, 2.45) is 0 Å². The molecule has 0 N–H and O–H groups in total. The zero-order chi connectivity index (χ0) is 17.3. The van der Waals surface area contributed by atoms with Crippen molar-refractivity contribution in [2.75, 3.05) is 13.1 Å². The summed E-state index contributed by atoms with van der Waals surface area (Å²) in [6, 6.07) is 0. The summed E-state index contributed by atoms with van der Waals surface area (Å²) in [5.41, 5.74) is 2.90. The first kappa shape index (κ1) is 17.1. The SMILES string of the molecule is CCc1csc([C@@H]2CCCN(C(=O)[C@H](C)c3c(C)noc3C)C2)n1. The van der Waals surface area contributed by atoms with Gasteiger partial charge in [0, 0.05) is 30.0 Å². The molecular weight excluding hydrogens is 322 g/mol. The molecule has 1 fully saturated rings. The van der Waals surface area contributed by atoms with Gasteiger partial charge in [0.05, 0.1) is 22.3 Å². The van der Waals surface area contributed by atoms with Crippen LogP contribution in [-0.2, 0) is 11.2 Å². The predicted octanol–water partition coefficient (Wildman–Crippen LogP) is 3.82. The quantitative estimate of drug-likeness (QED) is 0.843. The summed E-state index contributed by atoms with van der Waals surface area (Å²) in [6.07, 6.45) is 3.11. The van der Waals surface area contributed by atoms with Crippen LogP contribution in [0.25, 0.3) is 0 Å². The number of aromatic nitrogens is 2. The molecular formula is C18H25N3O2S. The zero-order valence-corrected chi connectivity index (χ0v) is 15.7. The van der Waals surface area contributed by atoms with Crippen molar-refractivity contribution in [2.45, 2.75) is 58.8 Å². The highest BCUT2D eigenvalue weighted by Gasteiger charge is 2.31. The Hall–Kier alpha value is -1.69. The third-order valence-electron chi connectivity index (χ3n) is 4.91. The molecule has 3 heterocycles. The van der Waals surface area contributed by atoms with Gasteiger partial charge in [0.25, 0.3) is 0 Å². The molecule has 3 rings (SSSR count). The molecule has 0 unspecified atom stereocenters. The predicted molar refractivity (Wildman–Crippen MR) is 94.4 cm³/mol. The van der Waals surface area contributed by atoms with Gasteiger partial charge >= 0.3 is 0 Å². The third kappa shape index (κ3) is 3.24. The molecule has 0 spiro atoms. The molecule has 1 amide bonds. The van der Waals surface area contributed by atoms with E-state index in [1.807, 2.05) is 25.7 Å². The fourth-order valence-corrected chi connectivity index (χ4v) is 4.59. The minimum absolute atomic E-state index is 0.168. The number of hydrogen-bond donors (Lipinski definition) is 0. The van der Waals surface area contributed by atoms with Crippen molar-refractivity contribution in [3.8, 4) is 0 Å². The van der Waals surface area contributed by atoms with Crippen LogP contribution in [0.3, 0.4) is 0 Å². The molecule has 1 aliphatic heterocycles. The van der Waals surface area contributed by atoms with E-state index in [1.165, 1.54) is 5.01 Å². The van der Waals surface area contributed by atoms with E-state index in [0.29, 0.717) is 5.92 Å². The molecule has 0 aromatic carbocycles. The fraction of sp³-hybridized carbons (Fsp3) is 0.611. The Kier molecular flexibility index (Phi) is 5.04. The number of likely N-dealkylation sites (tertiary alicyclic amines) is 1. The van der Waals surface area contributed by atoms with Gasteiger partial charge in [-0.1, -0.05) is 12.1 Å².